The molecular formula is C43H43N4OPt-. The predicted octanol–water partition coefficient (Wildman–Crippen LogP) is 9.91. The van der Waals surface area contributed by atoms with Crippen LogP contribution in [0.4, 0.5) is 0 Å². The number of nitrogens with zero attached hydrogens (tertiary/aromatic N) is 4. The van der Waals surface area contributed by atoms with E-state index in [9.17, 15) is 10.4 Å². The van der Waals surface area contributed by atoms with E-state index < -0.39 is 0 Å². The van der Waals surface area contributed by atoms with Gasteiger partial charge in [-0.25, -0.2) is 4.99 Å². The van der Waals surface area contributed by atoms with E-state index in [4.69, 9.17) is 15.0 Å². The zero-order valence-electron chi connectivity index (χ0n) is 29.7. The Bertz CT molecular complexity index is 2090. The van der Waals surface area contributed by atoms with Gasteiger partial charge >= 0.3 is 0 Å². The Labute approximate surface area is 305 Å². The summed E-state index contributed by atoms with van der Waals surface area (Å²) in [6.45, 7) is 19.5. The monoisotopic (exact) mass is 826 g/mol. The zero-order chi connectivity index (χ0) is 34.6. The summed E-state index contributed by atoms with van der Waals surface area (Å²) in [5.74, 6) is 0.770. The Morgan fingerprint density at radius 1 is 0.796 bits per heavy atom. The van der Waals surface area contributed by atoms with E-state index in [1.54, 1.807) is 6.20 Å². The number of aromatic nitrogens is 1. The molecule has 0 bridgehead atoms. The minimum atomic E-state index is -0.274. The summed E-state index contributed by atoms with van der Waals surface area (Å²) in [7, 11) is 0. The van der Waals surface area contributed by atoms with Crippen molar-refractivity contribution in [3.8, 4) is 34.2 Å². The van der Waals surface area contributed by atoms with Gasteiger partial charge in [0.1, 0.15) is 17.9 Å². The average molecular weight is 827 g/mol. The molecule has 0 amide bonds. The van der Waals surface area contributed by atoms with Crippen LogP contribution >= 0.6 is 0 Å². The van der Waals surface area contributed by atoms with Gasteiger partial charge in [0.15, 0.2) is 5.84 Å². The first-order valence-corrected chi connectivity index (χ1v) is 16.5. The first-order valence-electron chi connectivity index (χ1n) is 16.5. The van der Waals surface area contributed by atoms with Crippen LogP contribution in [0.1, 0.15) is 95.7 Å². The fourth-order valence-corrected chi connectivity index (χ4v) is 6.10. The van der Waals surface area contributed by atoms with Gasteiger partial charge in [-0.05, 0) is 39.0 Å². The van der Waals surface area contributed by atoms with Crippen LogP contribution in [-0.2, 0) is 37.3 Å². The number of amidine groups is 1. The summed E-state index contributed by atoms with van der Waals surface area (Å²) in [5.41, 5.74) is 9.85. The number of hydrogen-bond donors (Lipinski definition) is 1. The van der Waals surface area contributed by atoms with Crippen LogP contribution in [0.2, 0.25) is 0 Å². The standard InChI is InChI=1S/C43H43N4O.Pt/c1-41(2,3)30-19-27(18-28(20-30)37-23-33(29(24-44)25-45-37)26-14-11-10-12-15-26)32-16-13-17-36-38(32)47-40(46-36)34-21-31(42(4,5)6)22-35(39(34)48)43(7,8)9;/h10-17,19-23,25,36,48H,1-9H3;/q-1;. The molecule has 6 heteroatoms. The molecule has 0 saturated carbocycles. The van der Waals surface area contributed by atoms with Crippen molar-refractivity contribution in [2.45, 2.75) is 84.6 Å². The van der Waals surface area contributed by atoms with Crippen LogP contribution in [0.15, 0.2) is 95.1 Å². The minimum absolute atomic E-state index is 0. The number of pyridine rings is 1. The molecule has 0 fully saturated rings. The van der Waals surface area contributed by atoms with Gasteiger partial charge < -0.3 is 5.11 Å². The van der Waals surface area contributed by atoms with Crippen LogP contribution in [-0.4, -0.2) is 27.7 Å². The Morgan fingerprint density at radius 2 is 1.45 bits per heavy atom. The van der Waals surface area contributed by atoms with E-state index in [2.05, 4.69) is 98.7 Å². The maximum atomic E-state index is 11.6. The quantitative estimate of drug-likeness (QED) is 0.208. The van der Waals surface area contributed by atoms with Gasteiger partial charge in [-0.1, -0.05) is 134 Å². The molecule has 1 N–H and O–H groups in total. The first-order chi connectivity index (χ1) is 22.5. The fourth-order valence-electron chi connectivity index (χ4n) is 6.10. The molecule has 0 saturated heterocycles. The van der Waals surface area contributed by atoms with Crippen LogP contribution < -0.4 is 0 Å². The molecule has 4 aromatic rings. The van der Waals surface area contributed by atoms with Gasteiger partial charge in [-0.3, -0.25) is 9.98 Å². The maximum Gasteiger partial charge on any atom is 0.159 e. The van der Waals surface area contributed by atoms with E-state index in [0.717, 1.165) is 55.9 Å². The first kappa shape index (κ1) is 35.9. The number of benzene rings is 3. The Balaban J connectivity index is 0.00000468. The summed E-state index contributed by atoms with van der Waals surface area (Å²) in [6, 6.07) is 26.1. The van der Waals surface area contributed by atoms with Crippen molar-refractivity contribution in [3.63, 3.8) is 0 Å². The fraction of sp³-hybridized carbons (Fsp3) is 0.302. The van der Waals surface area contributed by atoms with Gasteiger partial charge in [0, 0.05) is 44.2 Å². The third-order valence-corrected chi connectivity index (χ3v) is 9.04. The smallest absolute Gasteiger partial charge is 0.159 e. The molecule has 1 aliphatic heterocycles. The second-order valence-corrected chi connectivity index (χ2v) is 15.8. The molecule has 0 radical (unpaired) electrons. The largest absolute Gasteiger partial charge is 0.507 e. The molecule has 2 aliphatic rings. The second-order valence-electron chi connectivity index (χ2n) is 15.8. The predicted molar refractivity (Wildman–Crippen MR) is 198 cm³/mol. The SMILES string of the molecule is CC(C)(C)c1cc(C2=CC=CC3N=C(c4cc(C(C)(C)C)cc(C(C)(C)C)c4O)N=C23)[c-]c(-c2cc(-c3ccccc3)c(C#N)cn2)c1.[Pt]. The number of phenols is 1. The average Bonchev–Trinajstić information content (AvgIpc) is 3.47. The Hall–Kier alpha value is -4.39. The topological polar surface area (TPSA) is 81.6 Å². The molecular weight excluding hydrogens is 784 g/mol. The third kappa shape index (κ3) is 7.17. The van der Waals surface area contributed by atoms with Crippen molar-refractivity contribution in [2.24, 2.45) is 9.98 Å². The van der Waals surface area contributed by atoms with Gasteiger partial charge in [0.05, 0.1) is 11.1 Å². The minimum Gasteiger partial charge on any atom is -0.507 e. The van der Waals surface area contributed by atoms with Crippen molar-refractivity contribution in [1.82, 2.24) is 4.98 Å². The molecule has 1 unspecified atom stereocenters. The normalized spacial score (nSPS) is 15.8. The number of rotatable bonds is 4. The molecule has 5 nitrogen and oxygen atoms in total. The van der Waals surface area contributed by atoms with Crippen LogP contribution in [0.25, 0.3) is 28.0 Å². The number of hydrogen-bond acceptors (Lipinski definition) is 5. The molecule has 0 spiro atoms. The number of allylic oxidation sites excluding steroid dienone is 2. The van der Waals surface area contributed by atoms with Gasteiger partial charge in [-0.2, -0.15) is 5.26 Å². The Kier molecular flexibility index (Phi) is 9.63. The van der Waals surface area contributed by atoms with Gasteiger partial charge in [0.2, 0.25) is 0 Å². The maximum absolute atomic E-state index is 11.6. The third-order valence-electron chi connectivity index (χ3n) is 9.04. The van der Waals surface area contributed by atoms with Gasteiger partial charge in [-0.15, -0.1) is 29.3 Å². The Morgan fingerprint density at radius 3 is 2.08 bits per heavy atom. The summed E-state index contributed by atoms with van der Waals surface area (Å²) in [6.07, 6.45) is 7.80. The molecule has 252 valence electrons. The van der Waals surface area contributed by atoms with E-state index in [1.165, 1.54) is 0 Å². The zero-order valence-corrected chi connectivity index (χ0v) is 32.0. The summed E-state index contributed by atoms with van der Waals surface area (Å²) >= 11 is 0. The number of aromatic hydroxyl groups is 1. The van der Waals surface area contributed by atoms with Crippen molar-refractivity contribution in [1.29, 1.82) is 5.26 Å². The summed E-state index contributed by atoms with van der Waals surface area (Å²) < 4.78 is 0. The van der Waals surface area contributed by atoms with Crippen LogP contribution in [0.5, 0.6) is 5.75 Å². The molecule has 1 aromatic heterocycles. The van der Waals surface area contributed by atoms with E-state index in [0.29, 0.717) is 17.0 Å². The van der Waals surface area contributed by atoms with E-state index in [1.807, 2.05) is 54.6 Å². The molecule has 2 heterocycles. The van der Waals surface area contributed by atoms with Crippen LogP contribution in [0.3, 0.4) is 0 Å². The number of phenolic OH excluding ortho intramolecular Hbond substituents is 1. The van der Waals surface area contributed by atoms with Crippen molar-refractivity contribution < 1.29 is 26.2 Å². The summed E-state index contributed by atoms with van der Waals surface area (Å²) in [4.78, 5) is 14.9. The van der Waals surface area contributed by atoms with Crippen molar-refractivity contribution >= 4 is 17.1 Å². The molecule has 1 atom stereocenters. The molecule has 49 heavy (non-hydrogen) atoms. The van der Waals surface area contributed by atoms with Gasteiger partial charge in [0.25, 0.3) is 0 Å². The van der Waals surface area contributed by atoms with Crippen molar-refractivity contribution in [3.05, 3.63) is 125 Å². The van der Waals surface area contributed by atoms with E-state index in [-0.39, 0.29) is 49.1 Å². The second kappa shape index (κ2) is 13.1. The van der Waals surface area contributed by atoms with E-state index >= 15 is 0 Å². The number of nitriles is 1. The molecule has 6 rings (SSSR count). The number of fused-ring (bicyclic) bond motifs is 1. The molecule has 3 aromatic carbocycles. The number of aliphatic imine (C=N–C) groups is 2. The van der Waals surface area contributed by atoms with Crippen molar-refractivity contribution in [2.75, 3.05) is 0 Å². The van der Waals surface area contributed by atoms with Crippen LogP contribution in [0, 0.1) is 17.4 Å². The molecule has 1 aliphatic carbocycles. The summed E-state index contributed by atoms with van der Waals surface area (Å²) in [5, 5.41) is 21.5.